The summed E-state index contributed by atoms with van der Waals surface area (Å²) in [6, 6.07) is 6.67. The van der Waals surface area contributed by atoms with Gasteiger partial charge < -0.3 is 9.88 Å². The molecule has 1 amide bonds. The summed E-state index contributed by atoms with van der Waals surface area (Å²) in [7, 11) is 0. The number of aromatic amines is 1. The van der Waals surface area contributed by atoms with E-state index in [9.17, 15) is 9.18 Å². The van der Waals surface area contributed by atoms with E-state index in [1.807, 2.05) is 22.5 Å². The molecular formula is C19H17FN6OS. The molecular weight excluding hydrogens is 379 g/mol. The van der Waals surface area contributed by atoms with E-state index in [0.29, 0.717) is 29.6 Å². The van der Waals surface area contributed by atoms with Gasteiger partial charge in [-0.1, -0.05) is 0 Å². The second kappa shape index (κ2) is 6.83. The molecule has 5 rings (SSSR count). The first-order chi connectivity index (χ1) is 13.7. The molecule has 0 saturated carbocycles. The molecule has 1 aliphatic rings. The van der Waals surface area contributed by atoms with Gasteiger partial charge in [0.1, 0.15) is 17.0 Å². The fourth-order valence-corrected chi connectivity index (χ4v) is 4.75. The largest absolute Gasteiger partial charge is 0.361 e. The number of fused-ring (bicyclic) bond motifs is 1. The number of tetrazole rings is 1. The van der Waals surface area contributed by atoms with Crippen molar-refractivity contribution in [2.24, 2.45) is 0 Å². The molecule has 0 spiro atoms. The summed E-state index contributed by atoms with van der Waals surface area (Å²) in [5.74, 6) is 0.0830. The minimum absolute atomic E-state index is 0.00363. The van der Waals surface area contributed by atoms with Crippen molar-refractivity contribution in [3.63, 3.8) is 0 Å². The van der Waals surface area contributed by atoms with Crippen molar-refractivity contribution in [2.45, 2.75) is 18.8 Å². The van der Waals surface area contributed by atoms with Crippen molar-refractivity contribution in [1.82, 2.24) is 30.1 Å². The standard InChI is InChI=1S/C19H17FN6OS/c20-13-1-2-16-14(9-13)15(10-21-16)12-3-6-25(7-4-12)19(27)18-17(5-8-28-18)26-11-22-23-24-26/h1-2,5,8-12,21H,3-4,6-7H2. The number of piperidine rings is 1. The number of halogens is 1. The summed E-state index contributed by atoms with van der Waals surface area (Å²) in [6.45, 7) is 1.33. The lowest BCUT2D eigenvalue weighted by atomic mass is 9.89. The van der Waals surface area contributed by atoms with E-state index in [1.54, 1.807) is 12.1 Å². The Morgan fingerprint density at radius 1 is 1.25 bits per heavy atom. The summed E-state index contributed by atoms with van der Waals surface area (Å²) >= 11 is 1.40. The first kappa shape index (κ1) is 17.1. The molecule has 1 saturated heterocycles. The van der Waals surface area contributed by atoms with Gasteiger partial charge in [0.15, 0.2) is 0 Å². The number of nitrogens with one attached hydrogen (secondary N) is 1. The Balaban J connectivity index is 1.33. The smallest absolute Gasteiger partial charge is 0.266 e. The Labute approximate surface area is 163 Å². The van der Waals surface area contributed by atoms with Crippen molar-refractivity contribution in [1.29, 1.82) is 0 Å². The van der Waals surface area contributed by atoms with Crippen molar-refractivity contribution in [2.75, 3.05) is 13.1 Å². The van der Waals surface area contributed by atoms with E-state index in [-0.39, 0.29) is 11.7 Å². The zero-order valence-corrected chi connectivity index (χ0v) is 15.7. The van der Waals surface area contributed by atoms with Crippen LogP contribution < -0.4 is 0 Å². The van der Waals surface area contributed by atoms with E-state index in [4.69, 9.17) is 0 Å². The highest BCUT2D eigenvalue weighted by Gasteiger charge is 2.28. The number of benzene rings is 1. The van der Waals surface area contributed by atoms with Gasteiger partial charge >= 0.3 is 0 Å². The Bertz CT molecular complexity index is 1130. The number of amides is 1. The van der Waals surface area contributed by atoms with E-state index in [1.165, 1.54) is 28.4 Å². The number of H-pyrrole nitrogens is 1. The van der Waals surface area contributed by atoms with Crippen LogP contribution in [0.25, 0.3) is 16.6 Å². The molecule has 0 aliphatic carbocycles. The second-order valence-electron chi connectivity index (χ2n) is 6.89. The van der Waals surface area contributed by atoms with Crippen LogP contribution in [0.1, 0.15) is 34.0 Å². The van der Waals surface area contributed by atoms with Crippen LogP contribution in [-0.4, -0.2) is 49.1 Å². The first-order valence-corrected chi connectivity index (χ1v) is 9.95. The average molecular weight is 396 g/mol. The fraction of sp³-hybridized carbons (Fsp3) is 0.263. The van der Waals surface area contributed by atoms with Crippen LogP contribution in [0.15, 0.2) is 42.2 Å². The number of carbonyl (C=O) groups excluding carboxylic acids is 1. The zero-order valence-electron chi connectivity index (χ0n) is 14.9. The molecule has 0 bridgehead atoms. The molecule has 9 heteroatoms. The predicted octanol–water partition coefficient (Wildman–Crippen LogP) is 3.36. The molecule has 0 atom stereocenters. The Morgan fingerprint density at radius 3 is 2.89 bits per heavy atom. The summed E-state index contributed by atoms with van der Waals surface area (Å²) in [5, 5.41) is 14.0. The molecule has 28 heavy (non-hydrogen) atoms. The summed E-state index contributed by atoms with van der Waals surface area (Å²) in [4.78, 5) is 18.8. The highest BCUT2D eigenvalue weighted by molar-refractivity contribution is 7.12. The van der Waals surface area contributed by atoms with Crippen molar-refractivity contribution in [3.05, 3.63) is 58.4 Å². The number of thiophene rings is 1. The topological polar surface area (TPSA) is 79.7 Å². The third-order valence-electron chi connectivity index (χ3n) is 5.33. The number of hydrogen-bond donors (Lipinski definition) is 1. The molecule has 1 N–H and O–H groups in total. The number of hydrogen-bond acceptors (Lipinski definition) is 5. The molecule has 0 radical (unpaired) electrons. The van der Waals surface area contributed by atoms with Gasteiger partial charge in [-0.25, -0.2) is 4.39 Å². The van der Waals surface area contributed by atoms with Crippen molar-refractivity contribution < 1.29 is 9.18 Å². The molecule has 142 valence electrons. The van der Waals surface area contributed by atoms with Crippen LogP contribution in [0.3, 0.4) is 0 Å². The van der Waals surface area contributed by atoms with Gasteiger partial charge in [0.05, 0.1) is 5.69 Å². The van der Waals surface area contributed by atoms with Gasteiger partial charge in [0.2, 0.25) is 0 Å². The SMILES string of the molecule is O=C(c1sccc1-n1cnnn1)N1CCC(c2c[nH]c3ccc(F)cc23)CC1. The normalized spacial score (nSPS) is 15.4. The Kier molecular flexibility index (Phi) is 4.16. The van der Waals surface area contributed by atoms with Gasteiger partial charge in [0, 0.05) is 30.2 Å². The minimum atomic E-state index is -0.228. The van der Waals surface area contributed by atoms with Gasteiger partial charge in [-0.05, 0) is 64.4 Å². The molecule has 0 unspecified atom stereocenters. The lowest BCUT2D eigenvalue weighted by molar-refractivity contribution is 0.0718. The summed E-state index contributed by atoms with van der Waals surface area (Å²) < 4.78 is 15.2. The van der Waals surface area contributed by atoms with Crippen LogP contribution in [-0.2, 0) is 0 Å². The van der Waals surface area contributed by atoms with Crippen molar-refractivity contribution >= 4 is 28.1 Å². The molecule has 4 aromatic rings. The van der Waals surface area contributed by atoms with Gasteiger partial charge in [-0.15, -0.1) is 16.4 Å². The average Bonchev–Trinajstić information content (AvgIpc) is 3.46. The quantitative estimate of drug-likeness (QED) is 0.576. The third-order valence-corrected chi connectivity index (χ3v) is 6.22. The first-order valence-electron chi connectivity index (χ1n) is 9.07. The summed E-state index contributed by atoms with van der Waals surface area (Å²) in [6.07, 6.45) is 5.16. The van der Waals surface area contributed by atoms with Crippen LogP contribution >= 0.6 is 11.3 Å². The van der Waals surface area contributed by atoms with Gasteiger partial charge in [0.25, 0.3) is 5.91 Å². The Morgan fingerprint density at radius 2 is 2.11 bits per heavy atom. The van der Waals surface area contributed by atoms with E-state index in [2.05, 4.69) is 20.5 Å². The number of aromatic nitrogens is 5. The predicted molar refractivity (Wildman–Crippen MR) is 103 cm³/mol. The van der Waals surface area contributed by atoms with Gasteiger partial charge in [-0.2, -0.15) is 4.68 Å². The van der Waals surface area contributed by atoms with Gasteiger partial charge in [-0.3, -0.25) is 4.79 Å². The van der Waals surface area contributed by atoms with E-state index >= 15 is 0 Å². The van der Waals surface area contributed by atoms with Crippen LogP contribution in [0.5, 0.6) is 0 Å². The molecule has 4 heterocycles. The maximum absolute atomic E-state index is 13.7. The van der Waals surface area contributed by atoms with E-state index in [0.717, 1.165) is 29.3 Å². The lowest BCUT2D eigenvalue weighted by Gasteiger charge is -2.32. The fourth-order valence-electron chi connectivity index (χ4n) is 3.90. The second-order valence-corrected chi connectivity index (χ2v) is 7.81. The van der Waals surface area contributed by atoms with Crippen molar-refractivity contribution in [3.8, 4) is 5.69 Å². The molecule has 7 nitrogen and oxygen atoms in total. The molecule has 1 fully saturated rings. The zero-order chi connectivity index (χ0) is 19.1. The molecule has 1 aromatic carbocycles. The maximum Gasteiger partial charge on any atom is 0.266 e. The van der Waals surface area contributed by atoms with Crippen LogP contribution in [0.2, 0.25) is 0 Å². The number of likely N-dealkylation sites (tertiary alicyclic amines) is 1. The lowest BCUT2D eigenvalue weighted by Crippen LogP contribution is -2.37. The third kappa shape index (κ3) is 2.88. The van der Waals surface area contributed by atoms with Crippen LogP contribution in [0, 0.1) is 5.82 Å². The molecule has 3 aromatic heterocycles. The highest BCUT2D eigenvalue weighted by atomic mass is 32.1. The number of rotatable bonds is 3. The minimum Gasteiger partial charge on any atom is -0.361 e. The number of carbonyl (C=O) groups is 1. The highest BCUT2D eigenvalue weighted by Crippen LogP contribution is 2.34. The number of nitrogens with zero attached hydrogens (tertiary/aromatic N) is 5. The van der Waals surface area contributed by atoms with E-state index < -0.39 is 0 Å². The summed E-state index contributed by atoms with van der Waals surface area (Å²) in [5.41, 5.74) is 2.78. The Hall–Kier alpha value is -3.07. The monoisotopic (exact) mass is 396 g/mol. The molecule has 1 aliphatic heterocycles. The maximum atomic E-state index is 13.7. The van der Waals surface area contributed by atoms with Crippen LogP contribution in [0.4, 0.5) is 4.39 Å².